The highest BCUT2D eigenvalue weighted by atomic mass is 79.9. The first kappa shape index (κ1) is 8.26. The molecule has 0 radical (unpaired) electrons. The Morgan fingerprint density at radius 1 is 1.75 bits per heavy atom. The third-order valence-electron chi connectivity index (χ3n) is 2.35. The number of hydrogen-bond acceptors (Lipinski definition) is 2. The van der Waals surface area contributed by atoms with E-state index < -0.39 is 0 Å². The van der Waals surface area contributed by atoms with Crippen molar-refractivity contribution in [1.82, 2.24) is 9.78 Å². The van der Waals surface area contributed by atoms with Crippen molar-refractivity contribution in [2.45, 2.75) is 31.8 Å². The second kappa shape index (κ2) is 2.57. The summed E-state index contributed by atoms with van der Waals surface area (Å²) < 4.78 is 3.02. The van der Waals surface area contributed by atoms with E-state index in [0.717, 1.165) is 29.6 Å². The largest absolute Gasteiger partial charge is 0.320 e. The topological polar surface area (TPSA) is 43.8 Å². The highest BCUT2D eigenvalue weighted by Crippen LogP contribution is 2.45. The number of aromatic nitrogens is 2. The third-order valence-corrected chi connectivity index (χ3v) is 2.93. The summed E-state index contributed by atoms with van der Waals surface area (Å²) in [4.78, 5) is 0. The summed E-state index contributed by atoms with van der Waals surface area (Å²) in [5, 5.41) is 4.23. The first-order valence-corrected chi connectivity index (χ1v) is 4.97. The van der Waals surface area contributed by atoms with Gasteiger partial charge in [0.25, 0.3) is 0 Å². The Hall–Kier alpha value is -0.350. The highest BCUT2D eigenvalue weighted by molar-refractivity contribution is 9.10. The van der Waals surface area contributed by atoms with Crippen molar-refractivity contribution < 1.29 is 0 Å². The van der Waals surface area contributed by atoms with Gasteiger partial charge in [0.15, 0.2) is 0 Å². The SMILES string of the molecule is CCn1ncc(Br)c1C1(N)CC1. The maximum Gasteiger partial charge on any atom is 0.0724 e. The van der Waals surface area contributed by atoms with Crippen LogP contribution in [0.2, 0.25) is 0 Å². The summed E-state index contributed by atoms with van der Waals surface area (Å²) in [6.07, 6.45) is 3.99. The lowest BCUT2D eigenvalue weighted by Crippen LogP contribution is -2.23. The number of halogens is 1. The maximum absolute atomic E-state index is 6.10. The number of hydrogen-bond donors (Lipinski definition) is 1. The van der Waals surface area contributed by atoms with E-state index in [1.165, 1.54) is 0 Å². The summed E-state index contributed by atoms with van der Waals surface area (Å²) in [5.41, 5.74) is 7.16. The normalized spacial score (nSPS) is 19.6. The molecule has 2 rings (SSSR count). The van der Waals surface area contributed by atoms with Crippen molar-refractivity contribution in [3.05, 3.63) is 16.4 Å². The summed E-state index contributed by atoms with van der Waals surface area (Å²) in [6, 6.07) is 0. The molecular formula is C8H12BrN3. The zero-order chi connectivity index (χ0) is 8.77. The molecule has 66 valence electrons. The molecule has 0 aliphatic heterocycles. The lowest BCUT2D eigenvalue weighted by atomic mass is 10.2. The number of nitrogens with two attached hydrogens (primary N) is 1. The van der Waals surface area contributed by atoms with Crippen LogP contribution in [0, 0.1) is 0 Å². The second-order valence-corrected chi connectivity index (χ2v) is 4.17. The monoisotopic (exact) mass is 229 g/mol. The Morgan fingerprint density at radius 2 is 2.42 bits per heavy atom. The van der Waals surface area contributed by atoms with Crippen LogP contribution in [0.1, 0.15) is 25.5 Å². The second-order valence-electron chi connectivity index (χ2n) is 3.31. The summed E-state index contributed by atoms with van der Waals surface area (Å²) in [7, 11) is 0. The molecule has 12 heavy (non-hydrogen) atoms. The Kier molecular flexibility index (Phi) is 1.77. The first-order valence-electron chi connectivity index (χ1n) is 4.18. The minimum Gasteiger partial charge on any atom is -0.320 e. The van der Waals surface area contributed by atoms with Crippen LogP contribution in [-0.2, 0) is 12.1 Å². The molecule has 1 aromatic heterocycles. The highest BCUT2D eigenvalue weighted by Gasteiger charge is 2.44. The van der Waals surface area contributed by atoms with Gasteiger partial charge >= 0.3 is 0 Å². The smallest absolute Gasteiger partial charge is 0.0724 e. The molecule has 0 spiro atoms. The predicted molar refractivity (Wildman–Crippen MR) is 50.7 cm³/mol. The minimum absolute atomic E-state index is 0.0919. The minimum atomic E-state index is -0.0919. The number of nitrogens with zero attached hydrogens (tertiary/aromatic N) is 2. The molecule has 2 N–H and O–H groups in total. The van der Waals surface area contributed by atoms with Crippen molar-refractivity contribution in [3.63, 3.8) is 0 Å². The fourth-order valence-corrected chi connectivity index (χ4v) is 2.16. The quantitative estimate of drug-likeness (QED) is 0.838. The average Bonchev–Trinajstić information content (AvgIpc) is 2.64. The molecule has 1 heterocycles. The lowest BCUT2D eigenvalue weighted by Gasteiger charge is -2.11. The molecule has 1 aliphatic carbocycles. The van der Waals surface area contributed by atoms with Crippen LogP contribution >= 0.6 is 15.9 Å². The van der Waals surface area contributed by atoms with Gasteiger partial charge in [0.2, 0.25) is 0 Å². The maximum atomic E-state index is 6.10. The van der Waals surface area contributed by atoms with Gasteiger partial charge in [-0.05, 0) is 35.7 Å². The van der Waals surface area contributed by atoms with Gasteiger partial charge in [0.1, 0.15) is 0 Å². The molecule has 3 nitrogen and oxygen atoms in total. The molecular weight excluding hydrogens is 218 g/mol. The molecule has 0 saturated heterocycles. The Balaban J connectivity index is 2.46. The first-order chi connectivity index (χ1) is 5.67. The van der Waals surface area contributed by atoms with Crippen molar-refractivity contribution >= 4 is 15.9 Å². The van der Waals surface area contributed by atoms with Gasteiger partial charge < -0.3 is 5.73 Å². The van der Waals surface area contributed by atoms with Gasteiger partial charge in [0.05, 0.1) is 21.9 Å². The summed E-state index contributed by atoms with van der Waals surface area (Å²) in [6.45, 7) is 2.97. The van der Waals surface area contributed by atoms with Crippen molar-refractivity contribution in [1.29, 1.82) is 0 Å². The van der Waals surface area contributed by atoms with Crippen LogP contribution in [0.4, 0.5) is 0 Å². The van der Waals surface area contributed by atoms with Crippen LogP contribution in [0.3, 0.4) is 0 Å². The Bertz CT molecular complexity index is 301. The number of rotatable bonds is 2. The molecule has 0 bridgehead atoms. The molecule has 0 aromatic carbocycles. The van der Waals surface area contributed by atoms with Gasteiger partial charge in [-0.3, -0.25) is 4.68 Å². The molecule has 0 unspecified atom stereocenters. The molecule has 1 aromatic rings. The van der Waals surface area contributed by atoms with E-state index in [4.69, 9.17) is 5.73 Å². The van der Waals surface area contributed by atoms with Crippen LogP contribution in [0.5, 0.6) is 0 Å². The fourth-order valence-electron chi connectivity index (χ4n) is 1.47. The molecule has 0 amide bonds. The van der Waals surface area contributed by atoms with Crippen molar-refractivity contribution in [2.75, 3.05) is 0 Å². The van der Waals surface area contributed by atoms with E-state index in [1.807, 2.05) is 10.9 Å². The van der Waals surface area contributed by atoms with E-state index in [2.05, 4.69) is 28.0 Å². The van der Waals surface area contributed by atoms with Crippen LogP contribution < -0.4 is 5.73 Å². The summed E-state index contributed by atoms with van der Waals surface area (Å²) >= 11 is 3.47. The van der Waals surface area contributed by atoms with Gasteiger partial charge in [-0.15, -0.1) is 0 Å². The van der Waals surface area contributed by atoms with Gasteiger partial charge in [-0.25, -0.2) is 0 Å². The van der Waals surface area contributed by atoms with Crippen molar-refractivity contribution in [3.8, 4) is 0 Å². The molecule has 1 aliphatic rings. The molecule has 1 fully saturated rings. The van der Waals surface area contributed by atoms with Crippen LogP contribution in [0.15, 0.2) is 10.7 Å². The van der Waals surface area contributed by atoms with E-state index >= 15 is 0 Å². The Labute approximate surface area is 80.1 Å². The van der Waals surface area contributed by atoms with Crippen LogP contribution in [-0.4, -0.2) is 9.78 Å². The zero-order valence-electron chi connectivity index (χ0n) is 7.05. The standard InChI is InChI=1S/C8H12BrN3/c1-2-12-7(6(9)5-11-12)8(10)3-4-8/h5H,2-4,10H2,1H3. The predicted octanol–water partition coefficient (Wildman–Crippen LogP) is 1.61. The molecule has 1 saturated carbocycles. The van der Waals surface area contributed by atoms with E-state index in [1.54, 1.807) is 0 Å². The van der Waals surface area contributed by atoms with Gasteiger partial charge in [0, 0.05) is 6.54 Å². The summed E-state index contributed by atoms with van der Waals surface area (Å²) in [5.74, 6) is 0. The molecule has 4 heteroatoms. The lowest BCUT2D eigenvalue weighted by molar-refractivity contribution is 0.563. The fraction of sp³-hybridized carbons (Fsp3) is 0.625. The van der Waals surface area contributed by atoms with E-state index in [-0.39, 0.29) is 5.54 Å². The average molecular weight is 230 g/mol. The van der Waals surface area contributed by atoms with Crippen LogP contribution in [0.25, 0.3) is 0 Å². The van der Waals surface area contributed by atoms with Gasteiger partial charge in [-0.1, -0.05) is 0 Å². The third kappa shape index (κ3) is 1.10. The Morgan fingerprint density at radius 3 is 2.92 bits per heavy atom. The van der Waals surface area contributed by atoms with E-state index in [9.17, 15) is 0 Å². The zero-order valence-corrected chi connectivity index (χ0v) is 8.63. The van der Waals surface area contributed by atoms with Crippen molar-refractivity contribution in [2.24, 2.45) is 5.73 Å². The number of aryl methyl sites for hydroxylation is 1. The van der Waals surface area contributed by atoms with Gasteiger partial charge in [-0.2, -0.15) is 5.10 Å². The molecule has 0 atom stereocenters. The van der Waals surface area contributed by atoms with E-state index in [0.29, 0.717) is 0 Å².